The molecule has 0 saturated heterocycles. The van der Waals surface area contributed by atoms with Crippen LogP contribution in [0.5, 0.6) is 0 Å². The van der Waals surface area contributed by atoms with Crippen molar-refractivity contribution in [1.29, 1.82) is 0 Å². The van der Waals surface area contributed by atoms with Crippen molar-refractivity contribution in [2.45, 2.75) is 52.0 Å². The van der Waals surface area contributed by atoms with Gasteiger partial charge in [-0.2, -0.15) is 0 Å². The first kappa shape index (κ1) is 15.4. The van der Waals surface area contributed by atoms with Crippen LogP contribution in [0.3, 0.4) is 0 Å². The third-order valence-corrected chi connectivity index (χ3v) is 4.42. The highest BCUT2D eigenvalue weighted by Crippen LogP contribution is 2.30. The Balaban J connectivity index is 1.85. The van der Waals surface area contributed by atoms with Crippen LogP contribution in [-0.2, 0) is 6.42 Å². The van der Waals surface area contributed by atoms with Crippen LogP contribution in [0.4, 0.5) is 8.78 Å². The molecule has 3 heteroatoms. The smallest absolute Gasteiger partial charge is 0.126 e. The molecular weight excluding hydrogens is 256 g/mol. The standard InChI is InChI=1S/C17H25F2N/c1-12(2)16-5-3-4-6-17(16)20-8-7-13-9-14(18)11-15(19)10-13/h9-12,16-17,20H,3-8H2,1-2H3. The van der Waals surface area contributed by atoms with Gasteiger partial charge in [0.25, 0.3) is 0 Å². The maximum absolute atomic E-state index is 13.1. The predicted molar refractivity (Wildman–Crippen MR) is 78.6 cm³/mol. The Morgan fingerprint density at radius 3 is 2.40 bits per heavy atom. The van der Waals surface area contributed by atoms with Crippen LogP contribution in [0, 0.1) is 23.5 Å². The molecule has 0 heterocycles. The van der Waals surface area contributed by atoms with Gasteiger partial charge in [-0.05, 0) is 55.3 Å². The van der Waals surface area contributed by atoms with Crippen LogP contribution < -0.4 is 5.32 Å². The summed E-state index contributed by atoms with van der Waals surface area (Å²) < 4.78 is 26.2. The fourth-order valence-electron chi connectivity index (χ4n) is 3.37. The van der Waals surface area contributed by atoms with Gasteiger partial charge in [0.2, 0.25) is 0 Å². The number of benzene rings is 1. The van der Waals surface area contributed by atoms with E-state index in [9.17, 15) is 8.78 Å². The molecular formula is C17H25F2N. The van der Waals surface area contributed by atoms with E-state index in [1.165, 1.54) is 37.8 Å². The van der Waals surface area contributed by atoms with Gasteiger partial charge in [-0.25, -0.2) is 8.78 Å². The molecule has 1 aromatic carbocycles. The molecule has 112 valence electrons. The molecule has 1 aliphatic rings. The van der Waals surface area contributed by atoms with E-state index in [0.29, 0.717) is 18.4 Å². The second kappa shape index (κ2) is 7.16. The fourth-order valence-corrected chi connectivity index (χ4v) is 3.37. The van der Waals surface area contributed by atoms with Crippen molar-refractivity contribution < 1.29 is 8.78 Å². The molecule has 0 radical (unpaired) electrons. The van der Waals surface area contributed by atoms with Gasteiger partial charge in [0.1, 0.15) is 11.6 Å². The second-order valence-electron chi connectivity index (χ2n) is 6.28. The Hall–Kier alpha value is -0.960. The van der Waals surface area contributed by atoms with Crippen molar-refractivity contribution in [3.63, 3.8) is 0 Å². The highest BCUT2D eigenvalue weighted by Gasteiger charge is 2.26. The highest BCUT2D eigenvalue weighted by atomic mass is 19.1. The first-order chi connectivity index (χ1) is 9.56. The average Bonchev–Trinajstić information content (AvgIpc) is 2.38. The molecule has 20 heavy (non-hydrogen) atoms. The Morgan fingerprint density at radius 2 is 1.75 bits per heavy atom. The Labute approximate surface area is 120 Å². The summed E-state index contributed by atoms with van der Waals surface area (Å²) in [6, 6.07) is 4.33. The topological polar surface area (TPSA) is 12.0 Å². The van der Waals surface area contributed by atoms with Gasteiger partial charge >= 0.3 is 0 Å². The second-order valence-corrected chi connectivity index (χ2v) is 6.28. The van der Waals surface area contributed by atoms with Crippen molar-refractivity contribution in [2.75, 3.05) is 6.54 Å². The molecule has 1 saturated carbocycles. The minimum Gasteiger partial charge on any atom is -0.313 e. The van der Waals surface area contributed by atoms with Crippen LogP contribution >= 0.6 is 0 Å². The van der Waals surface area contributed by atoms with Crippen LogP contribution in [0.25, 0.3) is 0 Å². The highest BCUT2D eigenvalue weighted by molar-refractivity contribution is 5.18. The van der Waals surface area contributed by atoms with E-state index in [1.807, 2.05) is 0 Å². The van der Waals surface area contributed by atoms with Crippen molar-refractivity contribution in [1.82, 2.24) is 5.32 Å². The molecule has 1 fully saturated rings. The summed E-state index contributed by atoms with van der Waals surface area (Å²) in [5.74, 6) is 0.447. The van der Waals surface area contributed by atoms with Gasteiger partial charge in [-0.3, -0.25) is 0 Å². The van der Waals surface area contributed by atoms with Crippen LogP contribution in [0.1, 0.15) is 45.1 Å². The molecule has 1 aliphatic carbocycles. The molecule has 0 aliphatic heterocycles. The van der Waals surface area contributed by atoms with Crippen molar-refractivity contribution in [3.8, 4) is 0 Å². The quantitative estimate of drug-likeness (QED) is 0.848. The van der Waals surface area contributed by atoms with Gasteiger partial charge in [0, 0.05) is 12.1 Å². The minimum absolute atomic E-state index is 0.488. The summed E-state index contributed by atoms with van der Waals surface area (Å²) in [5, 5.41) is 3.60. The molecule has 2 rings (SSSR count). The monoisotopic (exact) mass is 281 g/mol. The lowest BCUT2D eigenvalue weighted by Gasteiger charge is -2.35. The SMILES string of the molecule is CC(C)C1CCCCC1NCCc1cc(F)cc(F)c1. The number of rotatable bonds is 5. The van der Waals surface area contributed by atoms with Crippen molar-refractivity contribution in [3.05, 3.63) is 35.4 Å². The Kier molecular flexibility index (Phi) is 5.53. The van der Waals surface area contributed by atoms with E-state index in [-0.39, 0.29) is 0 Å². The normalized spacial score (nSPS) is 23.2. The molecule has 2 atom stereocenters. The van der Waals surface area contributed by atoms with E-state index in [0.717, 1.165) is 24.1 Å². The molecule has 1 N–H and O–H groups in total. The predicted octanol–water partition coefficient (Wildman–Crippen LogP) is 4.31. The van der Waals surface area contributed by atoms with Gasteiger partial charge in [-0.1, -0.05) is 26.7 Å². The lowest BCUT2D eigenvalue weighted by molar-refractivity contribution is 0.207. The van der Waals surface area contributed by atoms with Gasteiger partial charge in [-0.15, -0.1) is 0 Å². The first-order valence-corrected chi connectivity index (χ1v) is 7.74. The lowest BCUT2D eigenvalue weighted by atomic mass is 9.78. The summed E-state index contributed by atoms with van der Waals surface area (Å²) in [5.41, 5.74) is 0.729. The maximum Gasteiger partial charge on any atom is 0.126 e. The summed E-state index contributed by atoms with van der Waals surface area (Å²) >= 11 is 0. The zero-order chi connectivity index (χ0) is 14.5. The van der Waals surface area contributed by atoms with Gasteiger partial charge in [0.15, 0.2) is 0 Å². The molecule has 0 bridgehead atoms. The zero-order valence-corrected chi connectivity index (χ0v) is 12.5. The summed E-state index contributed by atoms with van der Waals surface area (Å²) in [6.07, 6.45) is 5.81. The summed E-state index contributed by atoms with van der Waals surface area (Å²) in [7, 11) is 0. The Bertz CT molecular complexity index is 411. The largest absolute Gasteiger partial charge is 0.313 e. The third kappa shape index (κ3) is 4.27. The molecule has 0 amide bonds. The molecule has 2 unspecified atom stereocenters. The first-order valence-electron chi connectivity index (χ1n) is 7.74. The average molecular weight is 281 g/mol. The fraction of sp³-hybridized carbons (Fsp3) is 0.647. The minimum atomic E-state index is -0.488. The molecule has 0 spiro atoms. The van der Waals surface area contributed by atoms with E-state index in [1.54, 1.807) is 0 Å². The molecule has 1 aromatic rings. The summed E-state index contributed by atoms with van der Waals surface area (Å²) in [4.78, 5) is 0. The van der Waals surface area contributed by atoms with Crippen LogP contribution in [-0.4, -0.2) is 12.6 Å². The van der Waals surface area contributed by atoms with E-state index < -0.39 is 11.6 Å². The number of nitrogens with one attached hydrogen (secondary N) is 1. The van der Waals surface area contributed by atoms with Crippen LogP contribution in [0.2, 0.25) is 0 Å². The van der Waals surface area contributed by atoms with Crippen molar-refractivity contribution in [2.24, 2.45) is 11.8 Å². The number of hydrogen-bond donors (Lipinski definition) is 1. The van der Waals surface area contributed by atoms with E-state index >= 15 is 0 Å². The summed E-state index contributed by atoms with van der Waals surface area (Å²) in [6.45, 7) is 5.36. The Morgan fingerprint density at radius 1 is 1.10 bits per heavy atom. The maximum atomic E-state index is 13.1. The molecule has 0 aromatic heterocycles. The van der Waals surface area contributed by atoms with E-state index in [2.05, 4.69) is 19.2 Å². The van der Waals surface area contributed by atoms with Crippen molar-refractivity contribution >= 4 is 0 Å². The number of halogens is 2. The third-order valence-electron chi connectivity index (χ3n) is 4.42. The zero-order valence-electron chi connectivity index (χ0n) is 12.5. The lowest BCUT2D eigenvalue weighted by Crippen LogP contribution is -2.41. The number of hydrogen-bond acceptors (Lipinski definition) is 1. The molecule has 1 nitrogen and oxygen atoms in total. The van der Waals surface area contributed by atoms with Crippen LogP contribution in [0.15, 0.2) is 18.2 Å². The van der Waals surface area contributed by atoms with E-state index in [4.69, 9.17) is 0 Å². The van der Waals surface area contributed by atoms with Gasteiger partial charge in [0.05, 0.1) is 0 Å². The van der Waals surface area contributed by atoms with Gasteiger partial charge < -0.3 is 5.32 Å².